The number of pyridine rings is 1. The van der Waals surface area contributed by atoms with Crippen molar-refractivity contribution in [3.63, 3.8) is 0 Å². The Morgan fingerprint density at radius 2 is 1.85 bits per heavy atom. The molecule has 1 unspecified atom stereocenters. The summed E-state index contributed by atoms with van der Waals surface area (Å²) in [5.41, 5.74) is 0.454. The van der Waals surface area contributed by atoms with Gasteiger partial charge in [-0.2, -0.15) is 13.2 Å². The summed E-state index contributed by atoms with van der Waals surface area (Å²) in [6, 6.07) is 7.08. The number of hydrogen-bond donors (Lipinski definition) is 1. The lowest BCUT2D eigenvalue weighted by atomic mass is 10.0. The number of halogens is 3. The maximum Gasteiger partial charge on any atom is 0.416 e. The van der Waals surface area contributed by atoms with Gasteiger partial charge < -0.3 is 10.2 Å². The third-order valence-electron chi connectivity index (χ3n) is 4.82. The van der Waals surface area contributed by atoms with E-state index < -0.39 is 11.7 Å². The van der Waals surface area contributed by atoms with Crippen LogP contribution in [-0.2, 0) is 6.18 Å². The van der Waals surface area contributed by atoms with E-state index in [1.54, 1.807) is 12.4 Å². The van der Waals surface area contributed by atoms with Gasteiger partial charge in [-0.3, -0.25) is 4.98 Å². The summed E-state index contributed by atoms with van der Waals surface area (Å²) >= 11 is 0. The Morgan fingerprint density at radius 1 is 1.07 bits per heavy atom. The van der Waals surface area contributed by atoms with Crippen LogP contribution in [-0.4, -0.2) is 40.9 Å². The highest BCUT2D eigenvalue weighted by molar-refractivity contribution is 5.99. The van der Waals surface area contributed by atoms with Gasteiger partial charge in [0.2, 0.25) is 0 Å². The zero-order valence-electron chi connectivity index (χ0n) is 14.7. The number of nitrogens with one attached hydrogen (secondary N) is 1. The van der Waals surface area contributed by atoms with Crippen LogP contribution in [0.15, 0.2) is 42.7 Å². The Balaban J connectivity index is 1.80. The van der Waals surface area contributed by atoms with Gasteiger partial charge in [0.15, 0.2) is 5.82 Å². The minimum atomic E-state index is -4.36. The van der Waals surface area contributed by atoms with E-state index in [9.17, 15) is 13.2 Å². The number of alkyl halides is 3. The van der Waals surface area contributed by atoms with Gasteiger partial charge in [-0.05, 0) is 25.1 Å². The van der Waals surface area contributed by atoms with Crippen molar-refractivity contribution in [3.8, 4) is 11.3 Å². The van der Waals surface area contributed by atoms with Crippen molar-refractivity contribution in [3.05, 3.63) is 48.3 Å². The fourth-order valence-corrected chi connectivity index (χ4v) is 3.38. The van der Waals surface area contributed by atoms with E-state index >= 15 is 0 Å². The van der Waals surface area contributed by atoms with Gasteiger partial charge >= 0.3 is 6.18 Å². The third-order valence-corrected chi connectivity index (χ3v) is 4.82. The van der Waals surface area contributed by atoms with Gasteiger partial charge in [0, 0.05) is 54.4 Å². The first-order valence-corrected chi connectivity index (χ1v) is 8.70. The van der Waals surface area contributed by atoms with Gasteiger partial charge in [-0.25, -0.2) is 0 Å². The first-order valence-electron chi connectivity index (χ1n) is 8.70. The van der Waals surface area contributed by atoms with E-state index in [2.05, 4.69) is 32.3 Å². The maximum atomic E-state index is 12.8. The number of rotatable bonds is 2. The lowest BCUT2D eigenvalue weighted by molar-refractivity contribution is -0.137. The smallest absolute Gasteiger partial charge is 0.349 e. The first-order chi connectivity index (χ1) is 12.9. The van der Waals surface area contributed by atoms with E-state index in [1.165, 1.54) is 12.1 Å². The molecule has 1 saturated heterocycles. The average molecular weight is 373 g/mol. The first kappa shape index (κ1) is 17.7. The van der Waals surface area contributed by atoms with E-state index in [-0.39, 0.29) is 6.04 Å². The Labute approximate surface area is 154 Å². The molecule has 0 radical (unpaired) electrons. The van der Waals surface area contributed by atoms with Gasteiger partial charge in [0.1, 0.15) is 5.69 Å². The molecule has 0 amide bonds. The molecular weight excluding hydrogens is 355 g/mol. The highest BCUT2D eigenvalue weighted by Crippen LogP contribution is 2.34. The Hall–Kier alpha value is -2.74. The number of fused-ring (bicyclic) bond motifs is 1. The van der Waals surface area contributed by atoms with E-state index in [4.69, 9.17) is 0 Å². The standard InChI is InChI=1S/C19H18F3N5/c1-12-10-24-8-9-27(12)18-16-11-23-7-6-15(16)17(25-26-18)13-2-4-14(5-3-13)19(20,21)22/h2-7,11-12,24H,8-10H2,1H3. The second kappa shape index (κ2) is 6.77. The Bertz CT molecular complexity index is 956. The van der Waals surface area contributed by atoms with Crippen LogP contribution in [0.1, 0.15) is 12.5 Å². The normalized spacial score (nSPS) is 18.1. The quantitative estimate of drug-likeness (QED) is 0.745. The molecule has 8 heteroatoms. The van der Waals surface area contributed by atoms with Crippen LogP contribution in [0, 0.1) is 0 Å². The molecule has 27 heavy (non-hydrogen) atoms. The van der Waals surface area contributed by atoms with Crippen molar-refractivity contribution >= 4 is 16.6 Å². The van der Waals surface area contributed by atoms with Crippen molar-refractivity contribution in [1.29, 1.82) is 0 Å². The van der Waals surface area contributed by atoms with Crippen LogP contribution in [0.4, 0.5) is 19.0 Å². The minimum absolute atomic E-state index is 0.258. The summed E-state index contributed by atoms with van der Waals surface area (Å²) in [5, 5.41) is 13.8. The predicted molar refractivity (Wildman–Crippen MR) is 97.4 cm³/mol. The molecule has 5 nitrogen and oxygen atoms in total. The van der Waals surface area contributed by atoms with Crippen LogP contribution in [0.3, 0.4) is 0 Å². The van der Waals surface area contributed by atoms with Crippen molar-refractivity contribution < 1.29 is 13.2 Å². The molecule has 2 aromatic heterocycles. The fourth-order valence-electron chi connectivity index (χ4n) is 3.38. The third kappa shape index (κ3) is 3.32. The van der Waals surface area contributed by atoms with Crippen LogP contribution in [0.2, 0.25) is 0 Å². The van der Waals surface area contributed by atoms with Crippen LogP contribution >= 0.6 is 0 Å². The number of piperazine rings is 1. The largest absolute Gasteiger partial charge is 0.416 e. The predicted octanol–water partition coefficient (Wildman–Crippen LogP) is 3.51. The van der Waals surface area contributed by atoms with Gasteiger partial charge in [0.25, 0.3) is 0 Å². The van der Waals surface area contributed by atoms with Gasteiger partial charge in [0.05, 0.1) is 5.56 Å². The molecule has 3 heterocycles. The zero-order valence-corrected chi connectivity index (χ0v) is 14.7. The molecule has 1 fully saturated rings. The molecule has 1 aliphatic rings. The molecular formula is C19H18F3N5. The summed E-state index contributed by atoms with van der Waals surface area (Å²) in [6.07, 6.45) is -0.970. The molecule has 140 valence electrons. The van der Waals surface area contributed by atoms with Crippen LogP contribution in [0.25, 0.3) is 22.0 Å². The van der Waals surface area contributed by atoms with Gasteiger partial charge in [-0.1, -0.05) is 12.1 Å². The lowest BCUT2D eigenvalue weighted by Gasteiger charge is -2.35. The van der Waals surface area contributed by atoms with E-state index in [0.717, 1.165) is 48.4 Å². The average Bonchev–Trinajstić information content (AvgIpc) is 2.67. The van der Waals surface area contributed by atoms with Crippen molar-refractivity contribution in [2.45, 2.75) is 19.1 Å². The SMILES string of the molecule is CC1CNCCN1c1nnc(-c2ccc(C(F)(F)F)cc2)c2ccncc12. The number of nitrogens with zero attached hydrogens (tertiary/aromatic N) is 4. The molecule has 0 aliphatic carbocycles. The molecule has 0 bridgehead atoms. The second-order valence-electron chi connectivity index (χ2n) is 6.62. The lowest BCUT2D eigenvalue weighted by Crippen LogP contribution is -2.50. The molecule has 1 aromatic carbocycles. The number of benzene rings is 1. The Kier molecular flexibility index (Phi) is 4.43. The summed E-state index contributed by atoms with van der Waals surface area (Å²) in [5.74, 6) is 0.753. The summed E-state index contributed by atoms with van der Waals surface area (Å²) in [7, 11) is 0. The van der Waals surface area contributed by atoms with Gasteiger partial charge in [-0.15, -0.1) is 10.2 Å². The number of aromatic nitrogens is 3. The molecule has 0 spiro atoms. The maximum absolute atomic E-state index is 12.8. The fraction of sp³-hybridized carbons (Fsp3) is 0.316. The molecule has 0 saturated carbocycles. The van der Waals surface area contributed by atoms with Crippen LogP contribution < -0.4 is 10.2 Å². The summed E-state index contributed by atoms with van der Waals surface area (Å²) in [4.78, 5) is 6.40. The van der Waals surface area contributed by atoms with Crippen molar-refractivity contribution in [2.75, 3.05) is 24.5 Å². The number of hydrogen-bond acceptors (Lipinski definition) is 5. The monoisotopic (exact) mass is 373 g/mol. The van der Waals surface area contributed by atoms with E-state index in [0.29, 0.717) is 11.3 Å². The Morgan fingerprint density at radius 3 is 2.56 bits per heavy atom. The summed E-state index contributed by atoms with van der Waals surface area (Å²) in [6.45, 7) is 4.62. The molecule has 1 atom stereocenters. The summed E-state index contributed by atoms with van der Waals surface area (Å²) < 4.78 is 38.5. The molecule has 1 aliphatic heterocycles. The van der Waals surface area contributed by atoms with Crippen molar-refractivity contribution in [1.82, 2.24) is 20.5 Å². The van der Waals surface area contributed by atoms with Crippen molar-refractivity contribution in [2.24, 2.45) is 0 Å². The van der Waals surface area contributed by atoms with E-state index in [1.807, 2.05) is 6.07 Å². The topological polar surface area (TPSA) is 53.9 Å². The zero-order chi connectivity index (χ0) is 19.0. The van der Waals surface area contributed by atoms with Crippen LogP contribution in [0.5, 0.6) is 0 Å². The minimum Gasteiger partial charge on any atom is -0.349 e. The second-order valence-corrected chi connectivity index (χ2v) is 6.62. The molecule has 3 aromatic rings. The molecule has 1 N–H and O–H groups in total. The highest BCUT2D eigenvalue weighted by Gasteiger charge is 2.30. The number of anilines is 1. The highest BCUT2D eigenvalue weighted by atomic mass is 19.4. The molecule has 4 rings (SSSR count).